The first-order valence-corrected chi connectivity index (χ1v) is 13.0. The second-order valence-electron chi connectivity index (χ2n) is 8.28. The summed E-state index contributed by atoms with van der Waals surface area (Å²) in [5, 5.41) is 22.3. The van der Waals surface area contributed by atoms with Gasteiger partial charge in [0.2, 0.25) is 10.0 Å². The molecule has 0 bridgehead atoms. The van der Waals surface area contributed by atoms with Crippen molar-refractivity contribution in [3.05, 3.63) is 105 Å². The third-order valence-electron chi connectivity index (χ3n) is 5.95. The molecule has 0 saturated heterocycles. The number of ether oxygens (including phenoxy) is 1. The molecule has 1 aliphatic heterocycles. The van der Waals surface area contributed by atoms with Gasteiger partial charge in [0, 0.05) is 21.9 Å². The van der Waals surface area contributed by atoms with Gasteiger partial charge in [-0.1, -0.05) is 59.1 Å². The number of nitriles is 1. The third-order valence-corrected chi connectivity index (χ3v) is 8.10. The Morgan fingerprint density at radius 1 is 0.972 bits per heavy atom. The number of nitrogens with zero attached hydrogens (tertiary/aromatic N) is 1. The highest BCUT2D eigenvalue weighted by Crippen LogP contribution is 2.45. The average Bonchev–Trinajstić information content (AvgIpc) is 2.85. The number of aryl methyl sites for hydroxylation is 1. The number of aromatic hydroxyl groups is 1. The number of sulfonamides is 1. The predicted octanol–water partition coefficient (Wildman–Crippen LogP) is 6.18. The van der Waals surface area contributed by atoms with Crippen molar-refractivity contribution in [2.24, 2.45) is 0 Å². The van der Waals surface area contributed by atoms with E-state index in [1.165, 1.54) is 12.1 Å². The van der Waals surface area contributed by atoms with E-state index >= 15 is 0 Å². The lowest BCUT2D eigenvalue weighted by atomic mass is 9.88. The molecule has 0 aliphatic carbocycles. The zero-order valence-electron chi connectivity index (χ0n) is 18.8. The SMILES string of the molecule is Cc1ccc(S(=O)(=O)NC2Oc3c(ccc4c(O)cccc34)C(c3ccc(Cl)c(Cl)c3)=C2C#N)cc1. The summed E-state index contributed by atoms with van der Waals surface area (Å²) >= 11 is 12.4. The highest BCUT2D eigenvalue weighted by molar-refractivity contribution is 7.89. The maximum atomic E-state index is 13.2. The summed E-state index contributed by atoms with van der Waals surface area (Å²) in [4.78, 5) is 0.0337. The van der Waals surface area contributed by atoms with Gasteiger partial charge in [-0.25, -0.2) is 8.42 Å². The maximum absolute atomic E-state index is 13.2. The molecule has 4 aromatic rings. The summed E-state index contributed by atoms with van der Waals surface area (Å²) in [6.45, 7) is 1.85. The van der Waals surface area contributed by atoms with Crippen LogP contribution in [-0.2, 0) is 10.0 Å². The van der Waals surface area contributed by atoms with Crippen LogP contribution in [0.4, 0.5) is 0 Å². The fourth-order valence-corrected chi connectivity index (χ4v) is 5.55. The molecule has 1 heterocycles. The van der Waals surface area contributed by atoms with Gasteiger partial charge in [0.15, 0.2) is 6.23 Å². The molecule has 0 spiro atoms. The van der Waals surface area contributed by atoms with Crippen molar-refractivity contribution >= 4 is 49.6 Å². The maximum Gasteiger partial charge on any atom is 0.243 e. The first kappa shape index (κ1) is 24.2. The van der Waals surface area contributed by atoms with Gasteiger partial charge in [-0.05, 0) is 55.0 Å². The van der Waals surface area contributed by atoms with Crippen LogP contribution in [0.1, 0.15) is 16.7 Å². The van der Waals surface area contributed by atoms with Crippen molar-refractivity contribution in [3.8, 4) is 17.6 Å². The first-order chi connectivity index (χ1) is 17.2. The van der Waals surface area contributed by atoms with E-state index in [2.05, 4.69) is 10.8 Å². The van der Waals surface area contributed by atoms with E-state index in [-0.39, 0.29) is 21.2 Å². The van der Waals surface area contributed by atoms with Gasteiger partial charge in [0.25, 0.3) is 0 Å². The minimum absolute atomic E-state index is 0.0337. The number of phenols is 1. The van der Waals surface area contributed by atoms with Gasteiger partial charge in [-0.2, -0.15) is 9.98 Å². The van der Waals surface area contributed by atoms with E-state index in [9.17, 15) is 18.8 Å². The van der Waals surface area contributed by atoms with Crippen LogP contribution >= 0.6 is 23.2 Å². The van der Waals surface area contributed by atoms with E-state index in [1.807, 2.05) is 6.92 Å². The Kier molecular flexibility index (Phi) is 6.15. The Morgan fingerprint density at radius 3 is 2.42 bits per heavy atom. The van der Waals surface area contributed by atoms with Crippen molar-refractivity contribution in [3.63, 3.8) is 0 Å². The number of nitrogens with one attached hydrogen (secondary N) is 1. The fraction of sp³-hybridized carbons (Fsp3) is 0.0741. The molecule has 2 N–H and O–H groups in total. The molecule has 1 aliphatic rings. The van der Waals surface area contributed by atoms with Crippen LogP contribution < -0.4 is 9.46 Å². The molecule has 9 heteroatoms. The molecule has 5 rings (SSSR count). The lowest BCUT2D eigenvalue weighted by molar-refractivity contribution is 0.229. The topological polar surface area (TPSA) is 99.4 Å². The van der Waals surface area contributed by atoms with E-state index in [0.717, 1.165) is 5.56 Å². The third kappa shape index (κ3) is 4.19. The van der Waals surface area contributed by atoms with Crippen molar-refractivity contribution in [2.45, 2.75) is 18.0 Å². The summed E-state index contributed by atoms with van der Waals surface area (Å²) in [6.07, 6.45) is -1.34. The number of phenolic OH excluding ortho intramolecular Hbond substituents is 1. The molecule has 36 heavy (non-hydrogen) atoms. The number of rotatable bonds is 4. The molecule has 0 fully saturated rings. The van der Waals surface area contributed by atoms with Gasteiger partial charge in [0.1, 0.15) is 17.6 Å². The van der Waals surface area contributed by atoms with Crippen molar-refractivity contribution in [1.82, 2.24) is 4.72 Å². The molecule has 0 amide bonds. The molecule has 0 radical (unpaired) electrons. The Labute approximate surface area is 218 Å². The second-order valence-corrected chi connectivity index (χ2v) is 10.8. The van der Waals surface area contributed by atoms with Crippen LogP contribution in [-0.4, -0.2) is 19.8 Å². The molecular formula is C27H18Cl2N2O4S. The zero-order valence-corrected chi connectivity index (χ0v) is 21.1. The Bertz CT molecular complexity index is 1710. The van der Waals surface area contributed by atoms with Crippen LogP contribution in [0.3, 0.4) is 0 Å². The molecule has 180 valence electrons. The van der Waals surface area contributed by atoms with Gasteiger partial charge in [-0.15, -0.1) is 0 Å². The molecule has 0 aromatic heterocycles. The van der Waals surface area contributed by atoms with Crippen LogP contribution in [0.25, 0.3) is 16.3 Å². The van der Waals surface area contributed by atoms with E-state index in [1.54, 1.807) is 60.7 Å². The van der Waals surface area contributed by atoms with Crippen molar-refractivity contribution < 1.29 is 18.3 Å². The summed E-state index contributed by atoms with van der Waals surface area (Å²) in [7, 11) is -4.06. The van der Waals surface area contributed by atoms with E-state index in [0.29, 0.717) is 38.2 Å². The fourth-order valence-electron chi connectivity index (χ4n) is 4.18. The quantitative estimate of drug-likeness (QED) is 0.324. The van der Waals surface area contributed by atoms with Gasteiger partial charge >= 0.3 is 0 Å². The molecule has 0 saturated carbocycles. The number of fused-ring (bicyclic) bond motifs is 3. The monoisotopic (exact) mass is 536 g/mol. The van der Waals surface area contributed by atoms with Gasteiger partial charge in [0.05, 0.1) is 20.5 Å². The minimum Gasteiger partial charge on any atom is -0.507 e. The first-order valence-electron chi connectivity index (χ1n) is 10.8. The summed E-state index contributed by atoms with van der Waals surface area (Å²) in [5.74, 6) is 0.363. The Morgan fingerprint density at radius 2 is 1.72 bits per heavy atom. The summed E-state index contributed by atoms with van der Waals surface area (Å²) in [6, 6.07) is 21.8. The largest absolute Gasteiger partial charge is 0.507 e. The minimum atomic E-state index is -4.06. The molecule has 1 atom stereocenters. The highest BCUT2D eigenvalue weighted by atomic mass is 35.5. The Balaban J connectivity index is 1.74. The van der Waals surface area contributed by atoms with E-state index in [4.69, 9.17) is 27.9 Å². The van der Waals surface area contributed by atoms with Gasteiger partial charge in [-0.3, -0.25) is 0 Å². The second kappa shape index (κ2) is 9.16. The Hall–Kier alpha value is -3.54. The van der Waals surface area contributed by atoms with Crippen LogP contribution in [0.15, 0.2) is 83.3 Å². The number of hydrogen-bond donors (Lipinski definition) is 2. The zero-order chi connectivity index (χ0) is 25.6. The summed E-state index contributed by atoms with van der Waals surface area (Å²) in [5.41, 5.74) is 2.51. The number of halogens is 2. The highest BCUT2D eigenvalue weighted by Gasteiger charge is 2.34. The lowest BCUT2D eigenvalue weighted by Crippen LogP contribution is -2.42. The standard InChI is InChI=1S/C27H18Cl2N2O4S/c1-15-5-8-17(9-6-15)36(33,34)31-27-21(14-30)25(16-7-12-22(28)23(29)13-16)20-11-10-18-19(26(20)35-27)3-2-4-24(18)32/h2-13,27,31-32H,1H3. The van der Waals surface area contributed by atoms with Crippen LogP contribution in [0, 0.1) is 18.3 Å². The van der Waals surface area contributed by atoms with Gasteiger partial charge < -0.3 is 9.84 Å². The number of hydrogen-bond acceptors (Lipinski definition) is 5. The lowest BCUT2D eigenvalue weighted by Gasteiger charge is -2.30. The molecule has 4 aromatic carbocycles. The smallest absolute Gasteiger partial charge is 0.243 e. The average molecular weight is 537 g/mol. The van der Waals surface area contributed by atoms with Crippen LogP contribution in [0.2, 0.25) is 10.0 Å². The normalized spacial score (nSPS) is 15.3. The molecular weight excluding hydrogens is 519 g/mol. The number of benzene rings is 4. The predicted molar refractivity (Wildman–Crippen MR) is 140 cm³/mol. The molecule has 1 unspecified atom stereocenters. The summed E-state index contributed by atoms with van der Waals surface area (Å²) < 4.78 is 35.2. The van der Waals surface area contributed by atoms with E-state index < -0.39 is 16.3 Å². The van der Waals surface area contributed by atoms with Crippen molar-refractivity contribution in [1.29, 1.82) is 5.26 Å². The molecule has 6 nitrogen and oxygen atoms in total. The van der Waals surface area contributed by atoms with Crippen LogP contribution in [0.5, 0.6) is 11.5 Å². The van der Waals surface area contributed by atoms with Crippen molar-refractivity contribution in [2.75, 3.05) is 0 Å².